The largest absolute Gasteiger partial charge is 0.389 e. The number of non-ortho nitro benzene ring substituents is 1. The molecule has 2 rings (SSSR count). The van der Waals surface area contributed by atoms with Crippen molar-refractivity contribution in [2.45, 2.75) is 19.3 Å². The fourth-order valence-electron chi connectivity index (χ4n) is 3.20. The molecule has 0 bridgehead atoms. The molecule has 1 atom stereocenters. The van der Waals surface area contributed by atoms with Crippen LogP contribution in [0.2, 0.25) is 0 Å². The second kappa shape index (κ2) is 8.88. The monoisotopic (exact) mass is 447 g/mol. The predicted molar refractivity (Wildman–Crippen MR) is 119 cm³/mol. The fraction of sp³-hybridized carbons (Fsp3) is 0.167. The number of hydrogen-bond donors (Lipinski definition) is 3. The first-order valence-corrected chi connectivity index (χ1v) is 9.25. The first-order chi connectivity index (χ1) is 14.0. The Morgan fingerprint density at radius 1 is 1.00 bits per heavy atom. The van der Waals surface area contributed by atoms with Crippen LogP contribution in [0.25, 0.3) is 0 Å². The van der Waals surface area contributed by atoms with Gasteiger partial charge in [-0.2, -0.15) is 0 Å². The van der Waals surface area contributed by atoms with Gasteiger partial charge in [-0.1, -0.05) is 37.4 Å². The molecule has 2 aromatic carbocycles. The lowest BCUT2D eigenvalue weighted by molar-refractivity contribution is -0.394. The van der Waals surface area contributed by atoms with Crippen molar-refractivity contribution in [1.82, 2.24) is 0 Å². The molecule has 0 aromatic heterocycles. The number of primary amides is 1. The highest BCUT2D eigenvalue weighted by Crippen LogP contribution is 2.32. The molecule has 0 aliphatic rings. The molecule has 0 saturated heterocycles. The number of hydrogen-bond acceptors (Lipinski definition) is 7. The molecule has 0 heterocycles. The van der Waals surface area contributed by atoms with Gasteiger partial charge in [-0.3, -0.25) is 25.0 Å². The van der Waals surface area contributed by atoms with Crippen LogP contribution in [0.4, 0.5) is 11.4 Å². The van der Waals surface area contributed by atoms with E-state index in [0.29, 0.717) is 5.56 Å². The summed E-state index contributed by atoms with van der Waals surface area (Å²) in [5, 5.41) is 22.3. The Hall–Kier alpha value is -3.51. The van der Waals surface area contributed by atoms with Gasteiger partial charge in [0.05, 0.1) is 15.9 Å². The van der Waals surface area contributed by atoms with Crippen LogP contribution in [0.3, 0.4) is 0 Å². The molecule has 0 aliphatic heterocycles. The van der Waals surface area contributed by atoms with Gasteiger partial charge in [0.1, 0.15) is 9.98 Å². The Labute approximate surface area is 181 Å². The van der Waals surface area contributed by atoms with Crippen molar-refractivity contribution in [3.05, 3.63) is 78.4 Å². The van der Waals surface area contributed by atoms with Crippen molar-refractivity contribution >= 4 is 51.7 Å². The summed E-state index contributed by atoms with van der Waals surface area (Å²) in [6.07, 6.45) is 0.136. The molecule has 0 aliphatic carbocycles. The van der Waals surface area contributed by atoms with E-state index in [-0.39, 0.29) is 50.0 Å². The molecule has 6 N–H and O–H groups in total. The number of carbonyl (C=O) groups is 1. The minimum absolute atomic E-state index is 0.0579. The Balaban J connectivity index is 2.61. The van der Waals surface area contributed by atoms with Crippen LogP contribution in [0.15, 0.2) is 30.3 Å². The summed E-state index contributed by atoms with van der Waals surface area (Å²) in [5.74, 6) is -1.16. The summed E-state index contributed by atoms with van der Waals surface area (Å²) >= 11 is 10.2. The van der Waals surface area contributed by atoms with E-state index in [4.69, 9.17) is 41.6 Å². The van der Waals surface area contributed by atoms with Gasteiger partial charge < -0.3 is 17.2 Å². The van der Waals surface area contributed by atoms with Crippen LogP contribution >= 0.6 is 24.4 Å². The number of thiocarbonyl (C=S) groups is 2. The molecule has 0 radical (unpaired) electrons. The van der Waals surface area contributed by atoms with Gasteiger partial charge in [-0.05, 0) is 30.0 Å². The first kappa shape index (κ1) is 22.8. The number of amides is 1. The molecule has 30 heavy (non-hydrogen) atoms. The van der Waals surface area contributed by atoms with Crippen LogP contribution < -0.4 is 17.2 Å². The highest BCUT2D eigenvalue weighted by Gasteiger charge is 2.26. The zero-order valence-electron chi connectivity index (χ0n) is 15.7. The first-order valence-electron chi connectivity index (χ1n) is 8.43. The standard InChI is InChI=1S/C18H17N5O5S2/c1-8(6-9-2-3-10(22(25)26)7-13(9)23(27)28)11-4-5-12(16(19)24)15(18(21)30)14(11)17(20)29/h2-5,7-8H,6H2,1H3,(H2,19,24)(H2,20,29)(H2,21,30). The minimum atomic E-state index is -0.763. The van der Waals surface area contributed by atoms with Gasteiger partial charge in [0.25, 0.3) is 11.4 Å². The van der Waals surface area contributed by atoms with Crippen LogP contribution in [0.5, 0.6) is 0 Å². The van der Waals surface area contributed by atoms with E-state index in [9.17, 15) is 25.0 Å². The Morgan fingerprint density at radius 2 is 1.60 bits per heavy atom. The molecule has 0 saturated carbocycles. The van der Waals surface area contributed by atoms with Crippen LogP contribution in [0.1, 0.15) is 45.5 Å². The van der Waals surface area contributed by atoms with Crippen molar-refractivity contribution in [2.24, 2.45) is 17.2 Å². The summed E-state index contributed by atoms with van der Waals surface area (Å²) < 4.78 is 0. The molecule has 10 nitrogen and oxygen atoms in total. The van der Waals surface area contributed by atoms with E-state index in [1.54, 1.807) is 13.0 Å². The average molecular weight is 447 g/mol. The third kappa shape index (κ3) is 4.55. The molecule has 0 fully saturated rings. The average Bonchev–Trinajstić information content (AvgIpc) is 2.66. The summed E-state index contributed by atoms with van der Waals surface area (Å²) in [7, 11) is 0. The van der Waals surface area contributed by atoms with E-state index >= 15 is 0 Å². The lowest BCUT2D eigenvalue weighted by Crippen LogP contribution is -2.27. The van der Waals surface area contributed by atoms with Gasteiger partial charge >= 0.3 is 0 Å². The molecule has 156 valence electrons. The van der Waals surface area contributed by atoms with Gasteiger partial charge in [-0.25, -0.2) is 0 Å². The smallest absolute Gasteiger partial charge is 0.279 e. The second-order valence-corrected chi connectivity index (χ2v) is 7.36. The maximum atomic E-state index is 11.8. The molecular weight excluding hydrogens is 430 g/mol. The zero-order valence-corrected chi connectivity index (χ0v) is 17.3. The second-order valence-electron chi connectivity index (χ2n) is 6.48. The summed E-state index contributed by atoms with van der Waals surface area (Å²) in [6, 6.07) is 6.46. The third-order valence-corrected chi connectivity index (χ3v) is 4.94. The molecule has 1 amide bonds. The van der Waals surface area contributed by atoms with Crippen LogP contribution in [0, 0.1) is 20.2 Å². The number of nitro benzene ring substituents is 2. The molecule has 0 spiro atoms. The van der Waals surface area contributed by atoms with E-state index in [0.717, 1.165) is 6.07 Å². The van der Waals surface area contributed by atoms with E-state index in [2.05, 4.69) is 0 Å². The quantitative estimate of drug-likeness (QED) is 0.310. The van der Waals surface area contributed by atoms with E-state index in [1.807, 2.05) is 0 Å². The van der Waals surface area contributed by atoms with Crippen molar-refractivity contribution in [1.29, 1.82) is 0 Å². The van der Waals surface area contributed by atoms with Gasteiger partial charge in [0.2, 0.25) is 5.91 Å². The molecule has 1 unspecified atom stereocenters. The minimum Gasteiger partial charge on any atom is -0.389 e. The highest BCUT2D eigenvalue weighted by atomic mass is 32.1. The van der Waals surface area contributed by atoms with Crippen LogP contribution in [-0.4, -0.2) is 25.7 Å². The maximum Gasteiger partial charge on any atom is 0.279 e. The summed E-state index contributed by atoms with van der Waals surface area (Å²) in [6.45, 7) is 1.76. The van der Waals surface area contributed by atoms with Crippen molar-refractivity contribution in [2.75, 3.05) is 0 Å². The normalized spacial score (nSPS) is 11.5. The number of carbonyl (C=O) groups excluding carboxylic acids is 1. The topological polar surface area (TPSA) is 181 Å². The Morgan fingerprint density at radius 3 is 2.07 bits per heavy atom. The number of rotatable bonds is 8. The highest BCUT2D eigenvalue weighted by molar-refractivity contribution is 7.81. The van der Waals surface area contributed by atoms with Gasteiger partial charge in [-0.15, -0.1) is 0 Å². The third-order valence-electron chi connectivity index (χ3n) is 4.53. The number of nitrogens with two attached hydrogens (primary N) is 3. The van der Waals surface area contributed by atoms with Crippen molar-refractivity contribution < 1.29 is 14.6 Å². The summed E-state index contributed by atoms with van der Waals surface area (Å²) in [5.41, 5.74) is 17.6. The van der Waals surface area contributed by atoms with Crippen molar-refractivity contribution in [3.63, 3.8) is 0 Å². The SMILES string of the molecule is CC(Cc1ccc([N+](=O)[O-])cc1[N+](=O)[O-])c1ccc(C(N)=O)c(C(N)=S)c1C(N)=S. The number of nitro groups is 2. The number of nitrogens with zero attached hydrogens (tertiary/aromatic N) is 2. The molecule has 12 heteroatoms. The zero-order chi connectivity index (χ0) is 22.7. The Bertz CT molecular complexity index is 1100. The van der Waals surface area contributed by atoms with Gasteiger partial charge in [0, 0.05) is 28.3 Å². The predicted octanol–water partition coefficient (Wildman–Crippen LogP) is 2.22. The Kier molecular flexibility index (Phi) is 6.74. The summed E-state index contributed by atoms with van der Waals surface area (Å²) in [4.78, 5) is 32.5. The van der Waals surface area contributed by atoms with Crippen molar-refractivity contribution in [3.8, 4) is 0 Å². The van der Waals surface area contributed by atoms with Gasteiger partial charge in [0.15, 0.2) is 0 Å². The lowest BCUT2D eigenvalue weighted by atomic mass is 9.85. The molecule has 2 aromatic rings. The lowest BCUT2D eigenvalue weighted by Gasteiger charge is -2.20. The van der Waals surface area contributed by atoms with E-state index < -0.39 is 21.7 Å². The maximum absolute atomic E-state index is 11.8. The fourth-order valence-corrected chi connectivity index (χ4v) is 3.64. The number of benzene rings is 2. The van der Waals surface area contributed by atoms with Crippen LogP contribution in [-0.2, 0) is 6.42 Å². The molecular formula is C18H17N5O5S2. The van der Waals surface area contributed by atoms with E-state index in [1.165, 1.54) is 18.2 Å².